The molecule has 0 fully saturated rings. The Kier molecular flexibility index (Phi) is 4.79. The Labute approximate surface area is 131 Å². The summed E-state index contributed by atoms with van der Waals surface area (Å²) < 4.78 is 4.78. The van der Waals surface area contributed by atoms with Gasteiger partial charge in [-0.15, -0.1) is 0 Å². The molecule has 7 heteroatoms. The Bertz CT molecular complexity index is 564. The molecule has 2 heterocycles. The van der Waals surface area contributed by atoms with Crippen LogP contribution >= 0.6 is 22.6 Å². The number of aromatic nitrogens is 4. The van der Waals surface area contributed by atoms with E-state index in [9.17, 15) is 4.79 Å². The molecule has 6 nitrogen and oxygen atoms in total. The molecule has 2 aromatic heterocycles. The van der Waals surface area contributed by atoms with Gasteiger partial charge in [0.05, 0.1) is 16.0 Å². The zero-order valence-electron chi connectivity index (χ0n) is 11.9. The number of carbonyl (C=O) groups excluding carboxylic acids is 1. The first-order valence-corrected chi connectivity index (χ1v) is 7.49. The standard InChI is InChI=1S/C13H18IN5O/c1-9-11(7-16-18(9)3)6-15-13(20)4-5-19-10(2)12(14)8-17-19/h7-8H,4-6H2,1-3H3,(H,15,20). The van der Waals surface area contributed by atoms with Crippen molar-refractivity contribution in [1.82, 2.24) is 24.9 Å². The van der Waals surface area contributed by atoms with E-state index in [-0.39, 0.29) is 5.91 Å². The van der Waals surface area contributed by atoms with E-state index < -0.39 is 0 Å². The molecule has 2 rings (SSSR count). The lowest BCUT2D eigenvalue weighted by Gasteiger charge is -2.06. The molecule has 0 saturated heterocycles. The van der Waals surface area contributed by atoms with Crippen molar-refractivity contribution >= 4 is 28.5 Å². The van der Waals surface area contributed by atoms with Gasteiger partial charge < -0.3 is 5.32 Å². The second-order valence-corrected chi connectivity index (χ2v) is 5.87. The van der Waals surface area contributed by atoms with Crippen LogP contribution in [0, 0.1) is 17.4 Å². The van der Waals surface area contributed by atoms with Crippen molar-refractivity contribution in [2.24, 2.45) is 7.05 Å². The summed E-state index contributed by atoms with van der Waals surface area (Å²) in [5.41, 5.74) is 3.22. The third-order valence-corrected chi connectivity index (χ3v) is 4.47. The van der Waals surface area contributed by atoms with Gasteiger partial charge in [-0.05, 0) is 36.4 Å². The second kappa shape index (κ2) is 6.38. The number of rotatable bonds is 5. The van der Waals surface area contributed by atoms with Gasteiger partial charge in [-0.25, -0.2) is 0 Å². The molecule has 1 amide bonds. The summed E-state index contributed by atoms with van der Waals surface area (Å²) in [5.74, 6) is 0.0261. The summed E-state index contributed by atoms with van der Waals surface area (Å²) >= 11 is 2.24. The minimum absolute atomic E-state index is 0.0261. The van der Waals surface area contributed by atoms with Gasteiger partial charge in [-0.2, -0.15) is 10.2 Å². The molecule has 0 saturated carbocycles. The average Bonchev–Trinajstić information content (AvgIpc) is 2.91. The van der Waals surface area contributed by atoms with E-state index >= 15 is 0 Å². The number of amides is 1. The van der Waals surface area contributed by atoms with E-state index in [1.807, 2.05) is 31.8 Å². The van der Waals surface area contributed by atoms with Gasteiger partial charge in [0.1, 0.15) is 0 Å². The molecule has 0 aliphatic carbocycles. The molecule has 0 atom stereocenters. The van der Waals surface area contributed by atoms with Crippen LogP contribution in [0.5, 0.6) is 0 Å². The smallest absolute Gasteiger partial charge is 0.222 e. The molecule has 0 bridgehead atoms. The Morgan fingerprint density at radius 1 is 1.30 bits per heavy atom. The number of nitrogens with zero attached hydrogens (tertiary/aromatic N) is 4. The SMILES string of the molecule is Cc1c(CNC(=O)CCn2ncc(I)c2C)cnn1C. The van der Waals surface area contributed by atoms with Crippen LogP contribution in [0.1, 0.15) is 23.4 Å². The first-order chi connectivity index (χ1) is 9.49. The summed E-state index contributed by atoms with van der Waals surface area (Å²) in [5, 5.41) is 11.3. The number of aryl methyl sites for hydroxylation is 2. The van der Waals surface area contributed by atoms with Crippen molar-refractivity contribution < 1.29 is 4.79 Å². The number of hydrogen-bond acceptors (Lipinski definition) is 3. The predicted octanol–water partition coefficient (Wildman–Crippen LogP) is 1.54. The van der Waals surface area contributed by atoms with Crippen LogP contribution in [-0.4, -0.2) is 25.5 Å². The molecule has 0 aliphatic heterocycles. The van der Waals surface area contributed by atoms with Gasteiger partial charge >= 0.3 is 0 Å². The van der Waals surface area contributed by atoms with E-state index in [1.54, 1.807) is 10.9 Å². The predicted molar refractivity (Wildman–Crippen MR) is 84.1 cm³/mol. The van der Waals surface area contributed by atoms with Gasteiger partial charge in [0.15, 0.2) is 0 Å². The third kappa shape index (κ3) is 3.38. The van der Waals surface area contributed by atoms with Crippen LogP contribution in [-0.2, 0) is 24.9 Å². The van der Waals surface area contributed by atoms with Crippen LogP contribution in [0.2, 0.25) is 0 Å². The fourth-order valence-corrected chi connectivity index (χ4v) is 2.26. The number of hydrogen-bond donors (Lipinski definition) is 1. The van der Waals surface area contributed by atoms with Crippen LogP contribution in [0.4, 0.5) is 0 Å². The first kappa shape index (κ1) is 15.0. The maximum absolute atomic E-state index is 11.8. The Balaban J connectivity index is 1.81. The fraction of sp³-hybridized carbons (Fsp3) is 0.462. The highest BCUT2D eigenvalue weighted by atomic mass is 127. The molecule has 108 valence electrons. The van der Waals surface area contributed by atoms with Crippen molar-refractivity contribution in [3.05, 3.63) is 32.9 Å². The quantitative estimate of drug-likeness (QED) is 0.792. The van der Waals surface area contributed by atoms with Gasteiger partial charge in [0, 0.05) is 43.5 Å². The average molecular weight is 387 g/mol. The summed E-state index contributed by atoms with van der Waals surface area (Å²) in [4.78, 5) is 11.8. The van der Waals surface area contributed by atoms with Crippen LogP contribution in [0.3, 0.4) is 0 Å². The van der Waals surface area contributed by atoms with Crippen molar-refractivity contribution in [3.8, 4) is 0 Å². The lowest BCUT2D eigenvalue weighted by Crippen LogP contribution is -2.24. The Morgan fingerprint density at radius 3 is 2.60 bits per heavy atom. The number of carbonyl (C=O) groups is 1. The van der Waals surface area contributed by atoms with Crippen LogP contribution in [0.25, 0.3) is 0 Å². The molecule has 0 unspecified atom stereocenters. The third-order valence-electron chi connectivity index (χ3n) is 3.41. The van der Waals surface area contributed by atoms with E-state index in [2.05, 4.69) is 38.1 Å². The highest BCUT2D eigenvalue weighted by Crippen LogP contribution is 2.10. The van der Waals surface area contributed by atoms with Gasteiger partial charge in [0.25, 0.3) is 0 Å². The first-order valence-electron chi connectivity index (χ1n) is 6.41. The summed E-state index contributed by atoms with van der Waals surface area (Å²) in [6, 6.07) is 0. The Hall–Kier alpha value is -1.38. The van der Waals surface area contributed by atoms with Crippen LogP contribution < -0.4 is 5.32 Å². The molecule has 1 N–H and O–H groups in total. The molecule has 0 spiro atoms. The van der Waals surface area contributed by atoms with E-state index in [0.29, 0.717) is 19.5 Å². The topological polar surface area (TPSA) is 64.7 Å². The maximum Gasteiger partial charge on any atom is 0.222 e. The number of halogens is 1. The normalized spacial score (nSPS) is 10.8. The van der Waals surface area contributed by atoms with Crippen molar-refractivity contribution in [3.63, 3.8) is 0 Å². The fourth-order valence-electron chi connectivity index (χ4n) is 1.86. The van der Waals surface area contributed by atoms with E-state index in [4.69, 9.17) is 0 Å². The zero-order chi connectivity index (χ0) is 14.7. The largest absolute Gasteiger partial charge is 0.352 e. The lowest BCUT2D eigenvalue weighted by molar-refractivity contribution is -0.121. The van der Waals surface area contributed by atoms with Gasteiger partial charge in [0.2, 0.25) is 5.91 Å². The maximum atomic E-state index is 11.8. The summed E-state index contributed by atoms with van der Waals surface area (Å²) in [7, 11) is 1.89. The zero-order valence-corrected chi connectivity index (χ0v) is 14.0. The number of nitrogens with one attached hydrogen (secondary N) is 1. The highest BCUT2D eigenvalue weighted by Gasteiger charge is 2.08. The minimum atomic E-state index is 0.0261. The summed E-state index contributed by atoms with van der Waals surface area (Å²) in [6.07, 6.45) is 4.03. The summed E-state index contributed by atoms with van der Waals surface area (Å²) in [6.45, 7) is 5.12. The minimum Gasteiger partial charge on any atom is -0.352 e. The van der Waals surface area contributed by atoms with Crippen molar-refractivity contribution in [2.45, 2.75) is 33.4 Å². The van der Waals surface area contributed by atoms with E-state index in [1.165, 1.54) is 0 Å². The van der Waals surface area contributed by atoms with Crippen molar-refractivity contribution in [2.75, 3.05) is 0 Å². The lowest BCUT2D eigenvalue weighted by atomic mass is 10.2. The molecule has 0 radical (unpaired) electrons. The molecule has 20 heavy (non-hydrogen) atoms. The van der Waals surface area contributed by atoms with Gasteiger partial charge in [-0.3, -0.25) is 14.2 Å². The monoisotopic (exact) mass is 387 g/mol. The van der Waals surface area contributed by atoms with Gasteiger partial charge in [-0.1, -0.05) is 0 Å². The molecule has 2 aromatic rings. The Morgan fingerprint density at radius 2 is 2.05 bits per heavy atom. The van der Waals surface area contributed by atoms with Crippen LogP contribution in [0.15, 0.2) is 12.4 Å². The molecule has 0 aliphatic rings. The molecule has 0 aromatic carbocycles. The molecular formula is C13H18IN5O. The van der Waals surface area contributed by atoms with Crippen molar-refractivity contribution in [1.29, 1.82) is 0 Å². The second-order valence-electron chi connectivity index (χ2n) is 4.71. The molecular weight excluding hydrogens is 369 g/mol. The highest BCUT2D eigenvalue weighted by molar-refractivity contribution is 14.1. The van der Waals surface area contributed by atoms with E-state index in [0.717, 1.165) is 20.5 Å².